The van der Waals surface area contributed by atoms with E-state index < -0.39 is 15.8 Å². The minimum atomic E-state index is -2.99. The van der Waals surface area contributed by atoms with Gasteiger partial charge in [0, 0.05) is 24.6 Å². The van der Waals surface area contributed by atoms with Crippen molar-refractivity contribution in [2.24, 2.45) is 4.99 Å². The number of rotatable bonds is 5. The summed E-state index contributed by atoms with van der Waals surface area (Å²) in [4.78, 5) is 28.1. The third kappa shape index (κ3) is 3.97. The number of sulfone groups is 1. The number of amidine groups is 1. The average Bonchev–Trinajstić information content (AvgIpc) is 2.79. The second kappa shape index (κ2) is 6.35. The zero-order chi connectivity index (χ0) is 15.6. The third-order valence-electron chi connectivity index (χ3n) is 3.52. The fraction of sp³-hybridized carbons (Fsp3) is 0.750. The first-order chi connectivity index (χ1) is 9.82. The van der Waals surface area contributed by atoms with E-state index in [9.17, 15) is 18.0 Å². The number of carboxylic acids is 1. The van der Waals surface area contributed by atoms with Gasteiger partial charge in [0.2, 0.25) is 5.91 Å². The number of amides is 1. The predicted molar refractivity (Wildman–Crippen MR) is 80.1 cm³/mol. The van der Waals surface area contributed by atoms with E-state index in [2.05, 4.69) is 4.99 Å². The lowest BCUT2D eigenvalue weighted by atomic mass is 10.2. The molecule has 118 valence electrons. The summed E-state index contributed by atoms with van der Waals surface area (Å²) in [5.74, 6) is -1.03. The van der Waals surface area contributed by atoms with E-state index in [4.69, 9.17) is 5.11 Å². The van der Waals surface area contributed by atoms with Crippen LogP contribution in [0.5, 0.6) is 0 Å². The maximum absolute atomic E-state index is 11.8. The van der Waals surface area contributed by atoms with Gasteiger partial charge in [-0.05, 0) is 13.3 Å². The average molecular weight is 334 g/mol. The number of carbonyl (C=O) groups excluding carboxylic acids is 1. The van der Waals surface area contributed by atoms with Gasteiger partial charge in [0.25, 0.3) is 0 Å². The van der Waals surface area contributed by atoms with Crippen LogP contribution in [0.4, 0.5) is 0 Å². The third-order valence-corrected chi connectivity index (χ3v) is 6.76. The monoisotopic (exact) mass is 334 g/mol. The van der Waals surface area contributed by atoms with Crippen LogP contribution in [0.1, 0.15) is 26.2 Å². The van der Waals surface area contributed by atoms with Crippen molar-refractivity contribution in [2.75, 3.05) is 18.1 Å². The highest BCUT2D eigenvalue weighted by molar-refractivity contribution is 8.15. The first kappa shape index (κ1) is 16.3. The molecule has 0 aromatic heterocycles. The first-order valence-corrected chi connectivity index (χ1v) is 9.49. The van der Waals surface area contributed by atoms with Crippen molar-refractivity contribution in [3.05, 3.63) is 0 Å². The second-order valence-corrected chi connectivity index (χ2v) is 8.48. The van der Waals surface area contributed by atoms with Crippen molar-refractivity contribution < 1.29 is 23.1 Å². The molecule has 1 amide bonds. The van der Waals surface area contributed by atoms with Gasteiger partial charge in [-0.25, -0.2) is 8.42 Å². The molecular formula is C12H18N2O5S2. The Morgan fingerprint density at radius 3 is 2.71 bits per heavy atom. The van der Waals surface area contributed by atoms with Crippen LogP contribution in [0.2, 0.25) is 0 Å². The molecule has 0 unspecified atom stereocenters. The lowest BCUT2D eigenvalue weighted by Gasteiger charge is -2.22. The number of fused-ring (bicyclic) bond motifs is 1. The van der Waals surface area contributed by atoms with Crippen molar-refractivity contribution in [3.8, 4) is 0 Å². The minimum absolute atomic E-state index is 0.0509. The maximum atomic E-state index is 11.8. The summed E-state index contributed by atoms with van der Waals surface area (Å²) >= 11 is 1.34. The van der Waals surface area contributed by atoms with E-state index in [1.807, 2.05) is 11.8 Å². The Kier molecular flexibility index (Phi) is 4.92. The Balaban J connectivity index is 1.99. The van der Waals surface area contributed by atoms with Crippen LogP contribution in [0.3, 0.4) is 0 Å². The van der Waals surface area contributed by atoms with E-state index >= 15 is 0 Å². The number of nitrogens with zero attached hydrogens (tertiary/aromatic N) is 2. The Morgan fingerprint density at radius 1 is 1.38 bits per heavy atom. The molecule has 9 heteroatoms. The maximum Gasteiger partial charge on any atom is 0.303 e. The largest absolute Gasteiger partial charge is 0.481 e. The molecule has 2 heterocycles. The van der Waals surface area contributed by atoms with E-state index in [0.29, 0.717) is 11.7 Å². The summed E-state index contributed by atoms with van der Waals surface area (Å²) in [6, 6.07) is -0.101. The van der Waals surface area contributed by atoms with Crippen LogP contribution in [0.15, 0.2) is 4.99 Å². The zero-order valence-electron chi connectivity index (χ0n) is 11.7. The molecule has 2 fully saturated rings. The van der Waals surface area contributed by atoms with Crippen LogP contribution < -0.4 is 0 Å². The number of thioether (sulfide) groups is 1. The highest BCUT2D eigenvalue weighted by Crippen LogP contribution is 2.37. The summed E-state index contributed by atoms with van der Waals surface area (Å²) in [5.41, 5.74) is 0. The minimum Gasteiger partial charge on any atom is -0.481 e. The van der Waals surface area contributed by atoms with Gasteiger partial charge >= 0.3 is 5.97 Å². The molecule has 0 spiro atoms. The molecule has 2 atom stereocenters. The Morgan fingerprint density at radius 2 is 2.10 bits per heavy atom. The molecule has 0 aromatic carbocycles. The highest BCUT2D eigenvalue weighted by Gasteiger charge is 2.48. The number of hydrogen-bond acceptors (Lipinski definition) is 5. The van der Waals surface area contributed by atoms with E-state index in [-0.39, 0.29) is 48.0 Å². The molecule has 0 aliphatic carbocycles. The fourth-order valence-corrected chi connectivity index (χ4v) is 6.59. The van der Waals surface area contributed by atoms with Gasteiger partial charge in [-0.15, -0.1) is 0 Å². The van der Waals surface area contributed by atoms with Gasteiger partial charge in [0.15, 0.2) is 15.0 Å². The number of aliphatic imine (C=N–C) groups is 1. The molecule has 7 nitrogen and oxygen atoms in total. The topological polar surface area (TPSA) is 104 Å². The van der Waals surface area contributed by atoms with Gasteiger partial charge in [-0.1, -0.05) is 11.8 Å². The molecule has 2 aliphatic rings. The standard InChI is InChI=1S/C12H18N2O5S2/c1-2-14-8-6-21(18,19)7-9(8)20-12(14)13-10(15)4-3-5-11(16)17/h8-9H,2-7H2,1H3,(H,16,17)/t8-,9+/m1/s1. The summed E-state index contributed by atoms with van der Waals surface area (Å²) in [6.07, 6.45) is 0.315. The van der Waals surface area contributed by atoms with Crippen LogP contribution in [-0.4, -0.2) is 64.8 Å². The van der Waals surface area contributed by atoms with Crippen LogP contribution in [-0.2, 0) is 19.4 Å². The van der Waals surface area contributed by atoms with Crippen LogP contribution in [0, 0.1) is 0 Å². The molecule has 0 bridgehead atoms. The molecular weight excluding hydrogens is 316 g/mol. The summed E-state index contributed by atoms with van der Waals surface area (Å²) in [5, 5.41) is 9.05. The molecule has 0 aromatic rings. The molecule has 2 aliphatic heterocycles. The van der Waals surface area contributed by atoms with E-state index in [0.717, 1.165) is 0 Å². The van der Waals surface area contributed by atoms with Crippen molar-refractivity contribution >= 4 is 38.6 Å². The molecule has 0 radical (unpaired) electrons. The summed E-state index contributed by atoms with van der Waals surface area (Å²) in [6.45, 7) is 2.50. The van der Waals surface area contributed by atoms with E-state index in [1.54, 1.807) is 0 Å². The van der Waals surface area contributed by atoms with Gasteiger partial charge in [-0.2, -0.15) is 4.99 Å². The SMILES string of the molecule is CCN1C(=NC(=O)CCCC(=O)O)S[C@H]2CS(=O)(=O)C[C@H]21. The number of hydrogen-bond donors (Lipinski definition) is 1. The van der Waals surface area contributed by atoms with Crippen LogP contribution in [0.25, 0.3) is 0 Å². The molecule has 2 rings (SSSR count). The van der Waals surface area contributed by atoms with Crippen molar-refractivity contribution in [1.29, 1.82) is 0 Å². The fourth-order valence-electron chi connectivity index (χ4n) is 2.56. The number of aliphatic carboxylic acids is 1. The Bertz CT molecular complexity index is 572. The highest BCUT2D eigenvalue weighted by atomic mass is 32.2. The van der Waals surface area contributed by atoms with Crippen molar-refractivity contribution in [3.63, 3.8) is 0 Å². The predicted octanol–water partition coefficient (Wildman–Crippen LogP) is 0.358. The number of carbonyl (C=O) groups is 2. The normalized spacial score (nSPS) is 28.8. The van der Waals surface area contributed by atoms with Crippen molar-refractivity contribution in [2.45, 2.75) is 37.5 Å². The first-order valence-electron chi connectivity index (χ1n) is 6.79. The lowest BCUT2D eigenvalue weighted by molar-refractivity contribution is -0.137. The smallest absolute Gasteiger partial charge is 0.303 e. The zero-order valence-corrected chi connectivity index (χ0v) is 13.3. The van der Waals surface area contributed by atoms with Crippen molar-refractivity contribution in [1.82, 2.24) is 4.90 Å². The Hall–Kier alpha value is -1.09. The molecule has 2 saturated heterocycles. The van der Waals surface area contributed by atoms with E-state index in [1.165, 1.54) is 11.8 Å². The summed E-state index contributed by atoms with van der Waals surface area (Å²) in [7, 11) is -2.99. The molecule has 21 heavy (non-hydrogen) atoms. The molecule has 1 N–H and O–H groups in total. The quantitative estimate of drug-likeness (QED) is 0.774. The second-order valence-electron chi connectivity index (χ2n) is 5.12. The number of carboxylic acid groups (broad SMARTS) is 1. The van der Waals surface area contributed by atoms with Gasteiger partial charge in [0.1, 0.15) is 0 Å². The van der Waals surface area contributed by atoms with Gasteiger partial charge in [-0.3, -0.25) is 9.59 Å². The molecule has 0 saturated carbocycles. The van der Waals surface area contributed by atoms with Gasteiger partial charge < -0.3 is 10.0 Å². The lowest BCUT2D eigenvalue weighted by Crippen LogP contribution is -2.37. The van der Waals surface area contributed by atoms with Gasteiger partial charge in [0.05, 0.1) is 17.5 Å². The summed E-state index contributed by atoms with van der Waals surface area (Å²) < 4.78 is 23.3. The Labute approximate surface area is 127 Å². The van der Waals surface area contributed by atoms with Crippen LogP contribution >= 0.6 is 11.8 Å².